The van der Waals surface area contributed by atoms with Gasteiger partial charge in [-0.3, -0.25) is 4.79 Å². The topological polar surface area (TPSA) is 46.5 Å². The molecule has 0 aromatic heterocycles. The summed E-state index contributed by atoms with van der Waals surface area (Å²) in [5.74, 6) is -1.03. The molecular weight excluding hydrogens is 296 g/mol. The van der Waals surface area contributed by atoms with Crippen molar-refractivity contribution in [3.05, 3.63) is 34.3 Å². The molecule has 0 aliphatic rings. The fourth-order valence-corrected chi connectivity index (χ4v) is 2.38. The van der Waals surface area contributed by atoms with E-state index in [4.69, 9.17) is 4.74 Å². The largest absolute Gasteiger partial charge is 0.481 e. The molecule has 100 valence electrons. The van der Waals surface area contributed by atoms with E-state index in [1.807, 2.05) is 31.2 Å². The van der Waals surface area contributed by atoms with Gasteiger partial charge in [-0.2, -0.15) is 0 Å². The lowest BCUT2D eigenvalue weighted by Crippen LogP contribution is -2.25. The smallest absolute Gasteiger partial charge is 0.307 e. The van der Waals surface area contributed by atoms with Crippen LogP contribution in [0.15, 0.2) is 28.7 Å². The molecule has 0 fully saturated rings. The Kier molecular flexibility index (Phi) is 6.36. The first-order chi connectivity index (χ1) is 8.56. The number of halogens is 1. The highest BCUT2D eigenvalue weighted by Crippen LogP contribution is 2.25. The van der Waals surface area contributed by atoms with Gasteiger partial charge < -0.3 is 9.84 Å². The van der Waals surface area contributed by atoms with Crippen LogP contribution in [0, 0.1) is 11.8 Å². The molecular formula is C14H19BrO3. The van der Waals surface area contributed by atoms with Crippen molar-refractivity contribution in [2.24, 2.45) is 11.8 Å². The second kappa shape index (κ2) is 7.54. The lowest BCUT2D eigenvalue weighted by molar-refractivity contribution is -0.143. The Balaban J connectivity index is 2.75. The predicted octanol–water partition coefficient (Wildman–Crippen LogP) is 3.37. The van der Waals surface area contributed by atoms with Crippen molar-refractivity contribution in [3.63, 3.8) is 0 Å². The van der Waals surface area contributed by atoms with Crippen molar-refractivity contribution in [1.29, 1.82) is 0 Å². The third-order valence-electron chi connectivity index (χ3n) is 3.18. The number of aliphatic carboxylic acids is 1. The minimum atomic E-state index is -0.741. The summed E-state index contributed by atoms with van der Waals surface area (Å²) < 4.78 is 5.98. The van der Waals surface area contributed by atoms with Crippen LogP contribution in [-0.2, 0) is 16.0 Å². The molecule has 1 rings (SSSR count). The fraction of sp³-hybridized carbons (Fsp3) is 0.500. The van der Waals surface area contributed by atoms with Gasteiger partial charge in [0.1, 0.15) is 0 Å². The summed E-state index contributed by atoms with van der Waals surface area (Å²) in [5.41, 5.74) is 1.04. The van der Waals surface area contributed by atoms with E-state index < -0.39 is 5.97 Å². The van der Waals surface area contributed by atoms with Crippen molar-refractivity contribution < 1.29 is 14.6 Å². The van der Waals surface area contributed by atoms with Crippen molar-refractivity contribution >= 4 is 21.9 Å². The molecule has 1 aromatic carbocycles. The average molecular weight is 315 g/mol. The van der Waals surface area contributed by atoms with Gasteiger partial charge in [-0.1, -0.05) is 41.1 Å². The third-order valence-corrected chi connectivity index (χ3v) is 3.95. The number of methoxy groups -OCH3 is 1. The average Bonchev–Trinajstić information content (AvgIpc) is 2.34. The molecule has 1 aromatic rings. The Labute approximate surface area is 116 Å². The molecule has 0 aliphatic carbocycles. The summed E-state index contributed by atoms with van der Waals surface area (Å²) in [6.07, 6.45) is 1.31. The van der Waals surface area contributed by atoms with Crippen LogP contribution in [-0.4, -0.2) is 24.8 Å². The first-order valence-electron chi connectivity index (χ1n) is 6.01. The monoisotopic (exact) mass is 314 g/mol. The Morgan fingerprint density at radius 3 is 2.67 bits per heavy atom. The van der Waals surface area contributed by atoms with E-state index in [9.17, 15) is 9.90 Å². The molecule has 2 atom stereocenters. The maximum atomic E-state index is 11.4. The van der Waals surface area contributed by atoms with Crippen LogP contribution in [0.25, 0.3) is 0 Å². The summed E-state index contributed by atoms with van der Waals surface area (Å²) in [6.45, 7) is 2.57. The van der Waals surface area contributed by atoms with Gasteiger partial charge in [0.05, 0.1) is 5.92 Å². The van der Waals surface area contributed by atoms with E-state index >= 15 is 0 Å². The molecule has 4 heteroatoms. The molecule has 0 saturated heterocycles. The quantitative estimate of drug-likeness (QED) is 0.839. The zero-order valence-electron chi connectivity index (χ0n) is 10.7. The van der Waals surface area contributed by atoms with Crippen LogP contribution >= 0.6 is 15.9 Å². The summed E-state index contributed by atoms with van der Waals surface area (Å²) in [7, 11) is 1.64. The molecule has 18 heavy (non-hydrogen) atoms. The molecule has 1 N–H and O–H groups in total. The SMILES string of the molecule is COCCC(C)C(Cc1ccccc1Br)C(=O)O. The number of carboxylic acid groups (broad SMARTS) is 1. The third kappa shape index (κ3) is 4.42. The molecule has 0 saturated carbocycles. The highest BCUT2D eigenvalue weighted by molar-refractivity contribution is 9.10. The number of ether oxygens (including phenoxy) is 1. The number of hydrogen-bond acceptors (Lipinski definition) is 2. The predicted molar refractivity (Wildman–Crippen MR) is 74.6 cm³/mol. The molecule has 0 heterocycles. The Morgan fingerprint density at radius 2 is 2.11 bits per heavy atom. The number of carbonyl (C=O) groups is 1. The summed E-state index contributed by atoms with van der Waals surface area (Å²) in [6, 6.07) is 7.76. The zero-order valence-corrected chi connectivity index (χ0v) is 12.3. The second-order valence-electron chi connectivity index (χ2n) is 4.50. The van der Waals surface area contributed by atoms with Gasteiger partial charge in [-0.15, -0.1) is 0 Å². The summed E-state index contributed by atoms with van der Waals surface area (Å²) in [4.78, 5) is 11.4. The van der Waals surface area contributed by atoms with Crippen LogP contribution in [0.1, 0.15) is 18.9 Å². The van der Waals surface area contributed by atoms with E-state index in [0.29, 0.717) is 13.0 Å². The van der Waals surface area contributed by atoms with Gasteiger partial charge in [-0.25, -0.2) is 0 Å². The molecule has 0 radical (unpaired) electrons. The van der Waals surface area contributed by atoms with Gasteiger partial charge in [0.2, 0.25) is 0 Å². The van der Waals surface area contributed by atoms with E-state index in [1.54, 1.807) is 7.11 Å². The number of hydrogen-bond donors (Lipinski definition) is 1. The van der Waals surface area contributed by atoms with E-state index in [0.717, 1.165) is 16.5 Å². The van der Waals surface area contributed by atoms with Gasteiger partial charge in [0, 0.05) is 18.2 Å². The molecule has 0 aliphatic heterocycles. The molecule has 0 amide bonds. The fourth-order valence-electron chi connectivity index (χ4n) is 1.94. The molecule has 0 spiro atoms. The first kappa shape index (κ1) is 15.2. The minimum absolute atomic E-state index is 0.0922. The molecule has 2 unspecified atom stereocenters. The van der Waals surface area contributed by atoms with Crippen molar-refractivity contribution in [2.45, 2.75) is 19.8 Å². The normalized spacial score (nSPS) is 14.2. The summed E-state index contributed by atoms with van der Waals surface area (Å²) >= 11 is 3.46. The van der Waals surface area contributed by atoms with Crippen molar-refractivity contribution in [1.82, 2.24) is 0 Å². The Hall–Kier alpha value is -0.870. The lowest BCUT2D eigenvalue weighted by atomic mass is 9.86. The zero-order chi connectivity index (χ0) is 13.5. The Morgan fingerprint density at radius 1 is 1.44 bits per heavy atom. The van der Waals surface area contributed by atoms with Crippen molar-refractivity contribution in [2.75, 3.05) is 13.7 Å². The number of benzene rings is 1. The van der Waals surface area contributed by atoms with E-state index in [1.165, 1.54) is 0 Å². The van der Waals surface area contributed by atoms with E-state index in [-0.39, 0.29) is 11.8 Å². The highest BCUT2D eigenvalue weighted by atomic mass is 79.9. The lowest BCUT2D eigenvalue weighted by Gasteiger charge is -2.20. The van der Waals surface area contributed by atoms with Gasteiger partial charge >= 0.3 is 5.97 Å². The second-order valence-corrected chi connectivity index (χ2v) is 5.35. The Bertz CT molecular complexity index is 392. The molecule has 3 nitrogen and oxygen atoms in total. The first-order valence-corrected chi connectivity index (χ1v) is 6.80. The maximum absolute atomic E-state index is 11.4. The maximum Gasteiger partial charge on any atom is 0.307 e. The number of carboxylic acids is 1. The van der Waals surface area contributed by atoms with Gasteiger partial charge in [0.25, 0.3) is 0 Å². The van der Waals surface area contributed by atoms with Gasteiger partial charge in [0.15, 0.2) is 0 Å². The minimum Gasteiger partial charge on any atom is -0.481 e. The van der Waals surface area contributed by atoms with Crippen LogP contribution in [0.2, 0.25) is 0 Å². The van der Waals surface area contributed by atoms with Gasteiger partial charge in [-0.05, 0) is 30.4 Å². The van der Waals surface area contributed by atoms with Crippen LogP contribution in [0.4, 0.5) is 0 Å². The number of rotatable bonds is 7. The standard InChI is InChI=1S/C14H19BrO3/c1-10(7-8-18-2)12(14(16)17)9-11-5-3-4-6-13(11)15/h3-6,10,12H,7-9H2,1-2H3,(H,16,17). The van der Waals surface area contributed by atoms with Crippen LogP contribution < -0.4 is 0 Å². The van der Waals surface area contributed by atoms with Crippen molar-refractivity contribution in [3.8, 4) is 0 Å². The highest BCUT2D eigenvalue weighted by Gasteiger charge is 2.25. The van der Waals surface area contributed by atoms with Crippen LogP contribution in [0.3, 0.4) is 0 Å². The van der Waals surface area contributed by atoms with E-state index in [2.05, 4.69) is 15.9 Å². The van der Waals surface area contributed by atoms with Crippen LogP contribution in [0.5, 0.6) is 0 Å². The summed E-state index contributed by atoms with van der Waals surface area (Å²) in [5, 5.41) is 9.34. The molecule has 0 bridgehead atoms.